The largest absolute Gasteiger partial charge is 0.233 e. The maximum atomic E-state index is 4.80. The number of para-hydroxylation sites is 1. The molecule has 0 amide bonds. The normalized spacial score (nSPS) is 11.4. The van der Waals surface area contributed by atoms with Crippen LogP contribution in [0, 0.1) is 0 Å². The van der Waals surface area contributed by atoms with Crippen LogP contribution in [0.25, 0.3) is 29.1 Å². The van der Waals surface area contributed by atoms with Crippen LogP contribution in [0.15, 0.2) is 109 Å². The highest BCUT2D eigenvalue weighted by Crippen LogP contribution is 2.24. The molecule has 0 radical (unpaired) electrons. The summed E-state index contributed by atoms with van der Waals surface area (Å²) in [4.78, 5) is 0. The van der Waals surface area contributed by atoms with Crippen LogP contribution in [0.4, 0.5) is 0 Å². The molecular weight excluding hydrogens is 328 g/mol. The van der Waals surface area contributed by atoms with E-state index in [1.165, 1.54) is 5.56 Å². The van der Waals surface area contributed by atoms with E-state index in [2.05, 4.69) is 60.7 Å². The Labute approximate surface area is 159 Å². The van der Waals surface area contributed by atoms with Crippen LogP contribution in [-0.2, 0) is 0 Å². The van der Waals surface area contributed by atoms with E-state index in [4.69, 9.17) is 5.10 Å². The highest BCUT2D eigenvalue weighted by atomic mass is 15.3. The minimum atomic E-state index is 0.926. The first-order valence-corrected chi connectivity index (χ1v) is 9.01. The maximum absolute atomic E-state index is 4.80. The molecule has 1 aromatic heterocycles. The van der Waals surface area contributed by atoms with Gasteiger partial charge in [0.1, 0.15) is 0 Å². The average Bonchev–Trinajstić information content (AvgIpc) is 3.18. The van der Waals surface area contributed by atoms with Gasteiger partial charge in [0.2, 0.25) is 0 Å². The van der Waals surface area contributed by atoms with Crippen molar-refractivity contribution < 1.29 is 0 Å². The van der Waals surface area contributed by atoms with Gasteiger partial charge in [0.25, 0.3) is 0 Å². The summed E-state index contributed by atoms with van der Waals surface area (Å²) in [6.45, 7) is 0. The van der Waals surface area contributed by atoms with Crippen LogP contribution in [0.2, 0.25) is 0 Å². The summed E-state index contributed by atoms with van der Waals surface area (Å²) >= 11 is 0. The summed E-state index contributed by atoms with van der Waals surface area (Å²) in [6.07, 6.45) is 8.19. The van der Waals surface area contributed by atoms with Crippen LogP contribution in [-0.4, -0.2) is 9.78 Å². The summed E-state index contributed by atoms with van der Waals surface area (Å²) in [5, 5.41) is 4.80. The Hall–Kier alpha value is -3.65. The molecule has 0 aliphatic heterocycles. The monoisotopic (exact) mass is 348 g/mol. The Bertz CT molecular complexity index is 986. The minimum Gasteiger partial charge on any atom is -0.233 e. The predicted octanol–water partition coefficient (Wildman–Crippen LogP) is 6.27. The summed E-state index contributed by atoms with van der Waals surface area (Å²) in [5.74, 6) is 0. The second kappa shape index (κ2) is 8.15. The topological polar surface area (TPSA) is 17.8 Å². The molecule has 4 aromatic rings. The number of rotatable bonds is 5. The van der Waals surface area contributed by atoms with Gasteiger partial charge in [-0.05, 0) is 29.8 Å². The summed E-state index contributed by atoms with van der Waals surface area (Å²) < 4.78 is 2.00. The molecule has 0 saturated carbocycles. The van der Waals surface area contributed by atoms with Gasteiger partial charge >= 0.3 is 0 Å². The van der Waals surface area contributed by atoms with Gasteiger partial charge in [-0.3, -0.25) is 0 Å². The lowest BCUT2D eigenvalue weighted by molar-refractivity contribution is 0.883. The Morgan fingerprint density at radius 2 is 1.22 bits per heavy atom. The number of aromatic nitrogens is 2. The van der Waals surface area contributed by atoms with Crippen molar-refractivity contribution in [1.82, 2.24) is 9.78 Å². The number of hydrogen-bond acceptors (Lipinski definition) is 1. The third-order valence-electron chi connectivity index (χ3n) is 4.26. The molecule has 0 unspecified atom stereocenters. The molecule has 130 valence electrons. The Morgan fingerprint density at radius 3 is 1.93 bits per heavy atom. The second-order valence-corrected chi connectivity index (χ2v) is 6.20. The quantitative estimate of drug-likeness (QED) is 0.389. The van der Waals surface area contributed by atoms with Crippen molar-refractivity contribution in [2.45, 2.75) is 0 Å². The van der Waals surface area contributed by atoms with Gasteiger partial charge in [0.15, 0.2) is 0 Å². The summed E-state index contributed by atoms with van der Waals surface area (Å²) in [7, 11) is 0. The van der Waals surface area contributed by atoms with Crippen molar-refractivity contribution >= 4 is 12.2 Å². The van der Waals surface area contributed by atoms with Crippen molar-refractivity contribution in [3.05, 3.63) is 120 Å². The van der Waals surface area contributed by atoms with Crippen molar-refractivity contribution in [2.24, 2.45) is 0 Å². The molecule has 0 aliphatic rings. The fourth-order valence-corrected chi connectivity index (χ4v) is 2.95. The van der Waals surface area contributed by atoms with Crippen LogP contribution in [0.3, 0.4) is 0 Å². The van der Waals surface area contributed by atoms with E-state index in [0.717, 1.165) is 22.6 Å². The lowest BCUT2D eigenvalue weighted by atomic mass is 10.1. The molecule has 3 aromatic carbocycles. The molecule has 0 bridgehead atoms. The van der Waals surface area contributed by atoms with Gasteiger partial charge in [0, 0.05) is 5.56 Å². The summed E-state index contributed by atoms with van der Waals surface area (Å²) in [5.41, 5.74) is 5.38. The standard InChI is InChI=1S/C25H20N2/c1-4-12-21(13-5-1)14-10-11-17-23-20-25(22-15-6-2-7-16-22)27(26-23)24-18-8-3-9-19-24/h1-20H/b14-10+,17-11+. The van der Waals surface area contributed by atoms with Crippen LogP contribution >= 0.6 is 0 Å². The molecule has 2 nitrogen and oxygen atoms in total. The van der Waals surface area contributed by atoms with Crippen molar-refractivity contribution in [3.8, 4) is 16.9 Å². The van der Waals surface area contributed by atoms with E-state index in [0.29, 0.717) is 0 Å². The van der Waals surface area contributed by atoms with Crippen molar-refractivity contribution in [2.75, 3.05) is 0 Å². The predicted molar refractivity (Wildman–Crippen MR) is 114 cm³/mol. The highest BCUT2D eigenvalue weighted by Gasteiger charge is 2.09. The third kappa shape index (κ3) is 4.13. The van der Waals surface area contributed by atoms with E-state index in [-0.39, 0.29) is 0 Å². The first-order valence-electron chi connectivity index (χ1n) is 9.01. The molecule has 1 heterocycles. The van der Waals surface area contributed by atoms with E-state index in [1.807, 2.05) is 65.4 Å². The maximum Gasteiger partial charge on any atom is 0.0861 e. The van der Waals surface area contributed by atoms with Crippen LogP contribution < -0.4 is 0 Å². The second-order valence-electron chi connectivity index (χ2n) is 6.20. The molecule has 0 atom stereocenters. The SMILES string of the molecule is C(/C=C/c1cc(-c2ccccc2)n(-c2ccccc2)n1)=C\c1ccccc1. The Morgan fingerprint density at radius 1 is 0.630 bits per heavy atom. The van der Waals surface area contributed by atoms with Gasteiger partial charge < -0.3 is 0 Å². The van der Waals surface area contributed by atoms with Gasteiger partial charge in [-0.25, -0.2) is 4.68 Å². The van der Waals surface area contributed by atoms with E-state index >= 15 is 0 Å². The molecule has 27 heavy (non-hydrogen) atoms. The zero-order chi connectivity index (χ0) is 18.3. The summed E-state index contributed by atoms with van der Waals surface area (Å²) in [6, 6.07) is 33.0. The smallest absolute Gasteiger partial charge is 0.0861 e. The van der Waals surface area contributed by atoms with Crippen molar-refractivity contribution in [3.63, 3.8) is 0 Å². The third-order valence-corrected chi connectivity index (χ3v) is 4.26. The Balaban J connectivity index is 1.65. The fraction of sp³-hybridized carbons (Fsp3) is 0. The Kier molecular flexibility index (Phi) is 5.07. The van der Waals surface area contributed by atoms with E-state index in [9.17, 15) is 0 Å². The molecule has 0 spiro atoms. The lowest BCUT2D eigenvalue weighted by Gasteiger charge is -2.07. The number of nitrogens with zero attached hydrogens (tertiary/aromatic N) is 2. The molecule has 0 N–H and O–H groups in total. The molecule has 0 saturated heterocycles. The number of allylic oxidation sites excluding steroid dienone is 2. The molecule has 0 aliphatic carbocycles. The molecular formula is C25H20N2. The van der Waals surface area contributed by atoms with Gasteiger partial charge in [-0.1, -0.05) is 97.1 Å². The van der Waals surface area contributed by atoms with Crippen LogP contribution in [0.1, 0.15) is 11.3 Å². The van der Waals surface area contributed by atoms with E-state index < -0.39 is 0 Å². The van der Waals surface area contributed by atoms with Gasteiger partial charge in [-0.15, -0.1) is 0 Å². The molecule has 4 rings (SSSR count). The first-order chi connectivity index (χ1) is 13.4. The zero-order valence-electron chi connectivity index (χ0n) is 14.9. The van der Waals surface area contributed by atoms with E-state index in [1.54, 1.807) is 0 Å². The zero-order valence-corrected chi connectivity index (χ0v) is 14.9. The number of benzene rings is 3. The highest BCUT2D eigenvalue weighted by molar-refractivity contribution is 5.66. The van der Waals surface area contributed by atoms with Crippen molar-refractivity contribution in [1.29, 1.82) is 0 Å². The van der Waals surface area contributed by atoms with Gasteiger partial charge in [0.05, 0.1) is 17.1 Å². The fourth-order valence-electron chi connectivity index (χ4n) is 2.95. The molecule has 2 heteroatoms. The van der Waals surface area contributed by atoms with Gasteiger partial charge in [-0.2, -0.15) is 5.10 Å². The average molecular weight is 348 g/mol. The van der Waals surface area contributed by atoms with Crippen LogP contribution in [0.5, 0.6) is 0 Å². The lowest BCUT2D eigenvalue weighted by Crippen LogP contribution is -1.98. The first kappa shape index (κ1) is 16.8. The molecule has 0 fully saturated rings. The number of hydrogen-bond donors (Lipinski definition) is 0. The minimum absolute atomic E-state index is 0.926.